The average Bonchev–Trinajstić information content (AvgIpc) is 2.41. The summed E-state index contributed by atoms with van der Waals surface area (Å²) in [5.74, 6) is 0.150. The lowest BCUT2D eigenvalue weighted by atomic mass is 9.99. The molecule has 1 fully saturated rings. The molecule has 1 saturated heterocycles. The molecule has 0 radical (unpaired) electrons. The number of hydrogen-bond acceptors (Lipinski definition) is 4. The Morgan fingerprint density at radius 2 is 2.15 bits per heavy atom. The van der Waals surface area contributed by atoms with Gasteiger partial charge >= 0.3 is 0 Å². The first-order valence-electron chi connectivity index (χ1n) is 6.66. The van der Waals surface area contributed by atoms with Crippen molar-refractivity contribution in [2.24, 2.45) is 11.7 Å². The predicted octanol–water partition coefficient (Wildman–Crippen LogP) is 1.57. The second kappa shape index (κ2) is 5.52. The number of nitrogens with two attached hydrogens (primary N) is 1. The molecule has 20 heavy (non-hydrogen) atoms. The molecule has 0 amide bonds. The van der Waals surface area contributed by atoms with Crippen LogP contribution in [0, 0.1) is 24.2 Å². The molecular weight excluding hydrogens is 274 g/mol. The lowest BCUT2D eigenvalue weighted by Gasteiger charge is -2.36. The van der Waals surface area contributed by atoms with E-state index >= 15 is 0 Å². The van der Waals surface area contributed by atoms with Crippen molar-refractivity contribution in [3.05, 3.63) is 29.3 Å². The zero-order chi connectivity index (χ0) is 14.9. The molecule has 108 valence electrons. The summed E-state index contributed by atoms with van der Waals surface area (Å²) in [5.41, 5.74) is 7.08. The Hall–Kier alpha value is -1.42. The third-order valence-corrected chi connectivity index (χ3v) is 5.90. The molecular formula is C14H19N3O2S. The molecule has 0 spiro atoms. The van der Waals surface area contributed by atoms with Gasteiger partial charge in [-0.05, 0) is 49.4 Å². The van der Waals surface area contributed by atoms with E-state index in [1.807, 2.05) is 13.0 Å². The van der Waals surface area contributed by atoms with Crippen LogP contribution in [0.25, 0.3) is 0 Å². The first kappa shape index (κ1) is 15.0. The molecule has 1 aromatic carbocycles. The molecule has 2 unspecified atom stereocenters. The van der Waals surface area contributed by atoms with E-state index in [-0.39, 0.29) is 10.8 Å². The molecule has 0 aromatic heterocycles. The summed E-state index contributed by atoms with van der Waals surface area (Å²) in [6.45, 7) is 4.12. The first-order valence-corrected chi connectivity index (χ1v) is 8.10. The second-order valence-corrected chi connectivity index (χ2v) is 7.18. The predicted molar refractivity (Wildman–Crippen MR) is 76.2 cm³/mol. The van der Waals surface area contributed by atoms with Crippen molar-refractivity contribution < 1.29 is 8.42 Å². The van der Waals surface area contributed by atoms with Gasteiger partial charge in [-0.15, -0.1) is 0 Å². The van der Waals surface area contributed by atoms with Gasteiger partial charge in [0.05, 0.1) is 22.7 Å². The van der Waals surface area contributed by atoms with E-state index in [0.29, 0.717) is 17.7 Å². The van der Waals surface area contributed by atoms with Crippen molar-refractivity contribution in [2.75, 3.05) is 6.54 Å². The number of nitriles is 1. The average molecular weight is 293 g/mol. The maximum atomic E-state index is 12.7. The van der Waals surface area contributed by atoms with Gasteiger partial charge in [-0.25, -0.2) is 8.42 Å². The molecule has 0 saturated carbocycles. The minimum Gasteiger partial charge on any atom is -0.315 e. The zero-order valence-electron chi connectivity index (χ0n) is 11.7. The van der Waals surface area contributed by atoms with Crippen molar-refractivity contribution in [1.82, 2.24) is 4.31 Å². The second-order valence-electron chi connectivity index (χ2n) is 5.32. The summed E-state index contributed by atoms with van der Waals surface area (Å²) >= 11 is 0. The van der Waals surface area contributed by atoms with Gasteiger partial charge in [-0.2, -0.15) is 9.57 Å². The third-order valence-electron chi connectivity index (χ3n) is 3.84. The van der Waals surface area contributed by atoms with E-state index in [2.05, 4.69) is 0 Å². The summed E-state index contributed by atoms with van der Waals surface area (Å²) < 4.78 is 26.8. The summed E-state index contributed by atoms with van der Waals surface area (Å²) in [4.78, 5) is 0.237. The fourth-order valence-corrected chi connectivity index (χ4v) is 4.44. The molecule has 1 aliphatic heterocycles. The lowest BCUT2D eigenvalue weighted by molar-refractivity contribution is 0.192. The highest BCUT2D eigenvalue weighted by Gasteiger charge is 2.35. The van der Waals surface area contributed by atoms with Gasteiger partial charge in [-0.3, -0.25) is 0 Å². The molecule has 1 aromatic rings. The van der Waals surface area contributed by atoms with E-state index in [1.54, 1.807) is 13.0 Å². The van der Waals surface area contributed by atoms with E-state index in [4.69, 9.17) is 11.0 Å². The summed E-state index contributed by atoms with van der Waals surface area (Å²) in [6, 6.07) is 6.62. The fourth-order valence-electron chi connectivity index (χ4n) is 2.59. The number of nitrogens with zero attached hydrogens (tertiary/aromatic N) is 2. The maximum Gasteiger partial charge on any atom is 0.244 e. The van der Waals surface area contributed by atoms with Gasteiger partial charge in [-0.1, -0.05) is 6.92 Å². The first-order chi connectivity index (χ1) is 9.37. The van der Waals surface area contributed by atoms with Crippen molar-refractivity contribution in [3.8, 4) is 6.07 Å². The Morgan fingerprint density at radius 3 is 2.75 bits per heavy atom. The smallest absolute Gasteiger partial charge is 0.244 e. The molecule has 6 heteroatoms. The topological polar surface area (TPSA) is 87.2 Å². The van der Waals surface area contributed by atoms with Gasteiger partial charge < -0.3 is 5.73 Å². The van der Waals surface area contributed by atoms with E-state index in [9.17, 15) is 8.42 Å². The number of aryl methyl sites for hydroxylation is 1. The van der Waals surface area contributed by atoms with Crippen LogP contribution in [-0.4, -0.2) is 25.4 Å². The quantitative estimate of drug-likeness (QED) is 0.896. The largest absolute Gasteiger partial charge is 0.315 e. The van der Waals surface area contributed by atoms with Crippen LogP contribution in [0.1, 0.15) is 30.9 Å². The Morgan fingerprint density at radius 1 is 1.45 bits per heavy atom. The van der Waals surface area contributed by atoms with Crippen LogP contribution in [0.2, 0.25) is 0 Å². The van der Waals surface area contributed by atoms with Crippen LogP contribution in [0.4, 0.5) is 0 Å². The molecule has 2 rings (SSSR count). The molecule has 1 aliphatic rings. The van der Waals surface area contributed by atoms with Crippen LogP contribution in [0.5, 0.6) is 0 Å². The zero-order valence-corrected chi connectivity index (χ0v) is 12.5. The minimum atomic E-state index is -3.60. The van der Waals surface area contributed by atoms with Crippen LogP contribution >= 0.6 is 0 Å². The monoisotopic (exact) mass is 293 g/mol. The number of sulfonamides is 1. The highest BCUT2D eigenvalue weighted by molar-refractivity contribution is 7.89. The van der Waals surface area contributed by atoms with Gasteiger partial charge in [0.2, 0.25) is 10.0 Å². The van der Waals surface area contributed by atoms with E-state index in [1.165, 1.54) is 16.4 Å². The van der Waals surface area contributed by atoms with E-state index < -0.39 is 16.2 Å². The lowest BCUT2D eigenvalue weighted by Crippen LogP contribution is -2.52. The van der Waals surface area contributed by atoms with Crippen LogP contribution in [0.3, 0.4) is 0 Å². The Bertz CT molecular complexity index is 649. The molecule has 0 bridgehead atoms. The van der Waals surface area contributed by atoms with Crippen LogP contribution in [0.15, 0.2) is 23.1 Å². The summed E-state index contributed by atoms with van der Waals surface area (Å²) in [6.07, 6.45) is 1.28. The van der Waals surface area contributed by atoms with Crippen molar-refractivity contribution in [3.63, 3.8) is 0 Å². The standard InChI is InChI=1S/C14H19N3O2S/c1-10-4-3-7-17(14(10)16)20(18,19)13-6-5-12(9-15)8-11(13)2/h5-6,8,10,14H,3-4,7,16H2,1-2H3. The van der Waals surface area contributed by atoms with Crippen molar-refractivity contribution in [1.29, 1.82) is 5.26 Å². The van der Waals surface area contributed by atoms with Crippen LogP contribution in [-0.2, 0) is 10.0 Å². The summed E-state index contributed by atoms with van der Waals surface area (Å²) in [5, 5.41) is 8.85. The number of rotatable bonds is 2. The number of piperidine rings is 1. The molecule has 0 aliphatic carbocycles. The van der Waals surface area contributed by atoms with Crippen molar-refractivity contribution >= 4 is 10.0 Å². The molecule has 5 nitrogen and oxygen atoms in total. The minimum absolute atomic E-state index is 0.150. The third kappa shape index (κ3) is 2.57. The Labute approximate surface area is 120 Å². The molecule has 1 heterocycles. The fraction of sp³-hybridized carbons (Fsp3) is 0.500. The number of hydrogen-bond donors (Lipinski definition) is 1. The van der Waals surface area contributed by atoms with E-state index in [0.717, 1.165) is 12.8 Å². The highest BCUT2D eigenvalue weighted by atomic mass is 32.2. The van der Waals surface area contributed by atoms with Gasteiger partial charge in [0.15, 0.2) is 0 Å². The Balaban J connectivity index is 2.43. The maximum absolute atomic E-state index is 12.7. The van der Waals surface area contributed by atoms with Gasteiger partial charge in [0, 0.05) is 6.54 Å². The SMILES string of the molecule is Cc1cc(C#N)ccc1S(=O)(=O)N1CCCC(C)C1N. The highest BCUT2D eigenvalue weighted by Crippen LogP contribution is 2.28. The summed E-state index contributed by atoms with van der Waals surface area (Å²) in [7, 11) is -3.60. The van der Waals surface area contributed by atoms with Gasteiger partial charge in [0.1, 0.15) is 0 Å². The molecule has 2 N–H and O–H groups in total. The van der Waals surface area contributed by atoms with Crippen molar-refractivity contribution in [2.45, 2.75) is 37.8 Å². The normalized spacial score (nSPS) is 24.3. The molecule has 2 atom stereocenters. The number of benzene rings is 1. The van der Waals surface area contributed by atoms with Crippen LogP contribution < -0.4 is 5.73 Å². The Kier molecular flexibility index (Phi) is 4.14. The van der Waals surface area contributed by atoms with Gasteiger partial charge in [0.25, 0.3) is 0 Å².